The molecule has 29 heavy (non-hydrogen) atoms. The summed E-state index contributed by atoms with van der Waals surface area (Å²) < 4.78 is 19.1. The van der Waals surface area contributed by atoms with E-state index in [0.29, 0.717) is 17.9 Å². The van der Waals surface area contributed by atoms with Crippen LogP contribution in [0.15, 0.2) is 54.7 Å². The average molecular weight is 392 g/mol. The Morgan fingerprint density at radius 3 is 2.90 bits per heavy atom. The number of imide groups is 1. The monoisotopic (exact) mass is 392 g/mol. The lowest BCUT2D eigenvalue weighted by Gasteiger charge is -2.36. The smallest absolute Gasteiger partial charge is 0.322 e. The highest BCUT2D eigenvalue weighted by atomic mass is 19.1. The van der Waals surface area contributed by atoms with Gasteiger partial charge < -0.3 is 10.1 Å². The van der Waals surface area contributed by atoms with Crippen LogP contribution < -0.4 is 15.4 Å². The Hall–Kier alpha value is -3.52. The lowest BCUT2D eigenvalue weighted by molar-refractivity contribution is -0.125. The zero-order valence-electron chi connectivity index (χ0n) is 15.3. The third kappa shape index (κ3) is 2.98. The van der Waals surface area contributed by atoms with Crippen molar-refractivity contribution >= 4 is 22.8 Å². The van der Waals surface area contributed by atoms with Gasteiger partial charge in [0.25, 0.3) is 5.91 Å². The highest BCUT2D eigenvalue weighted by Crippen LogP contribution is 2.32. The Bertz CT molecular complexity index is 1150. The summed E-state index contributed by atoms with van der Waals surface area (Å²) in [4.78, 5) is 31.2. The fraction of sp³-hybridized carbons (Fsp3) is 0.190. The minimum atomic E-state index is -1.27. The number of hydrogen-bond acceptors (Lipinski definition) is 5. The average Bonchev–Trinajstić information content (AvgIpc) is 3.01. The summed E-state index contributed by atoms with van der Waals surface area (Å²) in [7, 11) is 0. The number of aromatic nitrogens is 1. The largest absolute Gasteiger partial charge is 0.478 e. The van der Waals surface area contributed by atoms with E-state index in [-0.39, 0.29) is 19.1 Å². The number of amides is 3. The molecule has 0 bridgehead atoms. The normalized spacial score (nSPS) is 21.4. The van der Waals surface area contributed by atoms with Gasteiger partial charge in [0.05, 0.1) is 5.52 Å². The van der Waals surface area contributed by atoms with E-state index < -0.39 is 17.5 Å². The van der Waals surface area contributed by atoms with Crippen molar-refractivity contribution in [2.75, 3.05) is 13.3 Å². The fourth-order valence-electron chi connectivity index (χ4n) is 3.91. The quantitative estimate of drug-likeness (QED) is 0.668. The Morgan fingerprint density at radius 1 is 1.17 bits per heavy atom. The van der Waals surface area contributed by atoms with Crippen molar-refractivity contribution in [2.24, 2.45) is 0 Å². The lowest BCUT2D eigenvalue weighted by Crippen LogP contribution is -2.53. The van der Waals surface area contributed by atoms with Gasteiger partial charge in [0.1, 0.15) is 18.3 Å². The number of rotatable bonds is 3. The summed E-state index contributed by atoms with van der Waals surface area (Å²) in [5.41, 5.74) is 0.910. The number of nitrogens with one attached hydrogen (secondary N) is 2. The van der Waals surface area contributed by atoms with Crippen molar-refractivity contribution in [1.29, 1.82) is 0 Å². The van der Waals surface area contributed by atoms with E-state index in [0.717, 1.165) is 16.5 Å². The molecular formula is C21H17FN4O3. The number of hydrogen-bond donors (Lipinski definition) is 2. The maximum absolute atomic E-state index is 13.4. The number of urea groups is 1. The van der Waals surface area contributed by atoms with Crippen molar-refractivity contribution in [2.45, 2.75) is 12.1 Å². The zero-order chi connectivity index (χ0) is 20.0. The van der Waals surface area contributed by atoms with Gasteiger partial charge in [-0.05, 0) is 23.8 Å². The first-order valence-corrected chi connectivity index (χ1v) is 9.16. The zero-order valence-corrected chi connectivity index (χ0v) is 15.3. The predicted octanol–water partition coefficient (Wildman–Crippen LogP) is 2.26. The molecule has 2 aromatic carbocycles. The molecule has 5 rings (SSSR count). The van der Waals surface area contributed by atoms with Crippen LogP contribution in [0.3, 0.4) is 0 Å². The number of nitrogens with zero attached hydrogens (tertiary/aromatic N) is 2. The van der Waals surface area contributed by atoms with Gasteiger partial charge in [-0.15, -0.1) is 0 Å². The third-order valence-electron chi connectivity index (χ3n) is 5.33. The molecule has 1 saturated heterocycles. The van der Waals surface area contributed by atoms with Gasteiger partial charge in [-0.3, -0.25) is 20.0 Å². The van der Waals surface area contributed by atoms with E-state index in [2.05, 4.69) is 15.6 Å². The van der Waals surface area contributed by atoms with Crippen LogP contribution in [0, 0.1) is 5.82 Å². The predicted molar refractivity (Wildman–Crippen MR) is 102 cm³/mol. The Labute approximate surface area is 165 Å². The Balaban J connectivity index is 1.51. The van der Waals surface area contributed by atoms with E-state index in [9.17, 15) is 14.0 Å². The first-order valence-electron chi connectivity index (χ1n) is 9.16. The van der Waals surface area contributed by atoms with Gasteiger partial charge in [0, 0.05) is 36.3 Å². The van der Waals surface area contributed by atoms with Crippen LogP contribution in [0.5, 0.6) is 5.75 Å². The van der Waals surface area contributed by atoms with Gasteiger partial charge in [-0.1, -0.05) is 24.3 Å². The van der Waals surface area contributed by atoms with Gasteiger partial charge >= 0.3 is 6.03 Å². The van der Waals surface area contributed by atoms with Gasteiger partial charge in [0.15, 0.2) is 5.54 Å². The molecule has 3 aromatic rings. The molecule has 1 atom stereocenters. The first kappa shape index (κ1) is 17.6. The van der Waals surface area contributed by atoms with E-state index in [1.54, 1.807) is 12.3 Å². The number of ether oxygens (including phenoxy) is 1. The molecule has 0 aliphatic carbocycles. The summed E-state index contributed by atoms with van der Waals surface area (Å²) in [6.07, 6.45) is 1.68. The van der Waals surface area contributed by atoms with E-state index >= 15 is 0 Å². The van der Waals surface area contributed by atoms with Crippen LogP contribution >= 0.6 is 0 Å². The molecular weight excluding hydrogens is 375 g/mol. The summed E-state index contributed by atoms with van der Waals surface area (Å²) in [5.74, 6) is -0.299. The number of halogens is 1. The second kappa shape index (κ2) is 6.52. The van der Waals surface area contributed by atoms with E-state index in [4.69, 9.17) is 4.74 Å². The number of fused-ring (bicyclic) bond motifs is 2. The number of pyridine rings is 1. The molecule has 0 radical (unpaired) electrons. The van der Waals surface area contributed by atoms with Gasteiger partial charge in [-0.2, -0.15) is 0 Å². The standard InChI is InChI=1S/C21H17FN4O3/c22-16-6-4-14-10-26(12-29-18(14)9-16)11-21(19(27)24-20(28)25-21)15-5-3-13-2-1-7-23-17(13)8-15/h1-9H,10-12H2,(H2,24,25,27,28). The van der Waals surface area contributed by atoms with Crippen LogP contribution in [0.1, 0.15) is 11.1 Å². The van der Waals surface area contributed by atoms with Crippen molar-refractivity contribution in [3.63, 3.8) is 0 Å². The lowest BCUT2D eigenvalue weighted by atomic mass is 9.88. The molecule has 7 nitrogen and oxygen atoms in total. The van der Waals surface area contributed by atoms with Crippen LogP contribution in [-0.2, 0) is 16.9 Å². The summed E-state index contributed by atoms with van der Waals surface area (Å²) in [6, 6.07) is 13.1. The summed E-state index contributed by atoms with van der Waals surface area (Å²) in [5, 5.41) is 6.08. The van der Waals surface area contributed by atoms with Crippen molar-refractivity contribution in [3.8, 4) is 5.75 Å². The minimum absolute atomic E-state index is 0.174. The Morgan fingerprint density at radius 2 is 2.07 bits per heavy atom. The molecule has 0 spiro atoms. The van der Waals surface area contributed by atoms with Crippen molar-refractivity contribution in [1.82, 2.24) is 20.5 Å². The molecule has 1 fully saturated rings. The van der Waals surface area contributed by atoms with Crippen LogP contribution in [0.4, 0.5) is 9.18 Å². The van der Waals surface area contributed by atoms with Crippen LogP contribution in [0.2, 0.25) is 0 Å². The number of carbonyl (C=O) groups is 2. The molecule has 3 amide bonds. The molecule has 1 aromatic heterocycles. The summed E-state index contributed by atoms with van der Waals surface area (Å²) in [6.45, 7) is 0.833. The molecule has 2 aliphatic rings. The minimum Gasteiger partial charge on any atom is -0.478 e. The second-order valence-corrected chi connectivity index (χ2v) is 7.24. The topological polar surface area (TPSA) is 83.6 Å². The molecule has 0 saturated carbocycles. The van der Waals surface area contributed by atoms with Crippen LogP contribution in [0.25, 0.3) is 10.9 Å². The molecule has 2 aliphatic heterocycles. The fourth-order valence-corrected chi connectivity index (χ4v) is 3.91. The SMILES string of the molecule is O=C1NC(=O)C(CN2COc3cc(F)ccc3C2)(c2ccc3cccnc3c2)N1. The highest BCUT2D eigenvalue weighted by Gasteiger charge is 2.49. The maximum atomic E-state index is 13.4. The number of benzene rings is 2. The van der Waals surface area contributed by atoms with Crippen molar-refractivity contribution in [3.05, 3.63) is 71.7 Å². The van der Waals surface area contributed by atoms with Gasteiger partial charge in [0.2, 0.25) is 0 Å². The van der Waals surface area contributed by atoms with Gasteiger partial charge in [-0.25, -0.2) is 9.18 Å². The van der Waals surface area contributed by atoms with E-state index in [1.165, 1.54) is 12.1 Å². The molecule has 8 heteroatoms. The molecule has 146 valence electrons. The Kier molecular flexibility index (Phi) is 3.95. The molecule has 3 heterocycles. The number of carbonyl (C=O) groups excluding carboxylic acids is 2. The van der Waals surface area contributed by atoms with Crippen LogP contribution in [-0.4, -0.2) is 35.1 Å². The highest BCUT2D eigenvalue weighted by molar-refractivity contribution is 6.08. The second-order valence-electron chi connectivity index (χ2n) is 7.24. The maximum Gasteiger partial charge on any atom is 0.322 e. The summed E-state index contributed by atoms with van der Waals surface area (Å²) >= 11 is 0. The first-order chi connectivity index (χ1) is 14.0. The van der Waals surface area contributed by atoms with Crippen molar-refractivity contribution < 1.29 is 18.7 Å². The molecule has 2 N–H and O–H groups in total. The molecule has 1 unspecified atom stereocenters. The third-order valence-corrected chi connectivity index (χ3v) is 5.33. The van der Waals surface area contributed by atoms with E-state index in [1.807, 2.05) is 35.2 Å².